The molecule has 1 aliphatic rings. The number of fused-ring (bicyclic) bond motifs is 1. The fraction of sp³-hybridized carbons (Fsp3) is 0.190. The summed E-state index contributed by atoms with van der Waals surface area (Å²) < 4.78 is 10.7. The molecule has 1 aromatic heterocycles. The van der Waals surface area contributed by atoms with Crippen LogP contribution in [0.3, 0.4) is 0 Å². The van der Waals surface area contributed by atoms with Crippen molar-refractivity contribution in [1.29, 1.82) is 0 Å². The molecule has 0 atom stereocenters. The summed E-state index contributed by atoms with van der Waals surface area (Å²) >= 11 is 13.9. The van der Waals surface area contributed by atoms with Gasteiger partial charge in [0, 0.05) is 22.2 Å². The highest BCUT2D eigenvalue weighted by Gasteiger charge is 2.35. The van der Waals surface area contributed by atoms with Gasteiger partial charge in [0.15, 0.2) is 5.16 Å². The molecule has 3 aromatic rings. The van der Waals surface area contributed by atoms with E-state index in [0.29, 0.717) is 61.4 Å². The minimum Gasteiger partial charge on any atom is -0.497 e. The molecule has 1 amide bonds. The molecule has 0 unspecified atom stereocenters. The van der Waals surface area contributed by atoms with Gasteiger partial charge in [-0.1, -0.05) is 35.0 Å². The van der Waals surface area contributed by atoms with Crippen LogP contribution in [0.2, 0.25) is 10.0 Å². The first kappa shape index (κ1) is 20.8. The normalized spacial score (nSPS) is 12.8. The highest BCUT2D eigenvalue weighted by molar-refractivity contribution is 7.98. The van der Waals surface area contributed by atoms with Crippen LogP contribution in [0.1, 0.15) is 16.1 Å². The molecule has 0 bridgehead atoms. The summed E-state index contributed by atoms with van der Waals surface area (Å²) in [7, 11) is 3.13. The average Bonchev–Trinajstić information content (AvgIpc) is 3.09. The molecule has 0 aliphatic carbocycles. The Balaban J connectivity index is 1.85. The molecule has 0 spiro atoms. The van der Waals surface area contributed by atoms with Gasteiger partial charge in [-0.2, -0.15) is 0 Å². The number of thioether (sulfide) groups is 1. The zero-order valence-electron chi connectivity index (χ0n) is 16.4. The predicted octanol–water partition coefficient (Wildman–Crippen LogP) is 5.35. The number of rotatable bonds is 5. The second-order valence-electron chi connectivity index (χ2n) is 6.44. The van der Waals surface area contributed by atoms with E-state index in [2.05, 4.69) is 9.97 Å². The maximum atomic E-state index is 13.3. The van der Waals surface area contributed by atoms with Crippen LogP contribution in [0, 0.1) is 0 Å². The molecule has 0 saturated heterocycles. The quantitative estimate of drug-likeness (QED) is 0.376. The Labute approximate surface area is 188 Å². The second kappa shape index (κ2) is 8.34. The number of amides is 1. The number of benzene rings is 2. The lowest BCUT2D eigenvalue weighted by Gasteiger charge is -2.19. The molecule has 4 rings (SSSR count). The summed E-state index contributed by atoms with van der Waals surface area (Å²) in [4.78, 5) is 24.0. The van der Waals surface area contributed by atoms with E-state index in [-0.39, 0.29) is 5.91 Å². The molecule has 0 saturated carbocycles. The topological polar surface area (TPSA) is 64.5 Å². The average molecular weight is 462 g/mol. The minimum absolute atomic E-state index is 0.225. The van der Waals surface area contributed by atoms with E-state index in [1.165, 1.54) is 11.8 Å². The third-order valence-electron chi connectivity index (χ3n) is 4.80. The van der Waals surface area contributed by atoms with Crippen LogP contribution in [0.5, 0.6) is 11.5 Å². The van der Waals surface area contributed by atoms with Gasteiger partial charge in [-0.3, -0.25) is 9.69 Å². The molecule has 0 N–H and O–H groups in total. The van der Waals surface area contributed by atoms with Crippen molar-refractivity contribution in [2.45, 2.75) is 11.7 Å². The van der Waals surface area contributed by atoms with Crippen molar-refractivity contribution in [3.63, 3.8) is 0 Å². The largest absolute Gasteiger partial charge is 0.497 e. The number of methoxy groups -OCH3 is 2. The Morgan fingerprint density at radius 1 is 1.03 bits per heavy atom. The Hall–Kier alpha value is -2.48. The third-order valence-corrected chi connectivity index (χ3v) is 5.89. The molecule has 0 fully saturated rings. The van der Waals surface area contributed by atoms with E-state index in [9.17, 15) is 4.79 Å². The van der Waals surface area contributed by atoms with Crippen molar-refractivity contribution in [1.82, 2.24) is 9.97 Å². The summed E-state index contributed by atoms with van der Waals surface area (Å²) in [6, 6.07) is 10.5. The number of nitrogens with zero attached hydrogens (tertiary/aromatic N) is 3. The van der Waals surface area contributed by atoms with Crippen molar-refractivity contribution < 1.29 is 14.3 Å². The van der Waals surface area contributed by atoms with E-state index >= 15 is 0 Å². The fourth-order valence-electron chi connectivity index (χ4n) is 3.35. The van der Waals surface area contributed by atoms with E-state index in [0.717, 1.165) is 0 Å². The molecule has 6 nitrogen and oxygen atoms in total. The molecular formula is C21H17Cl2N3O3S. The van der Waals surface area contributed by atoms with E-state index in [4.69, 9.17) is 32.7 Å². The number of anilines is 1. The zero-order valence-corrected chi connectivity index (χ0v) is 18.7. The molecule has 30 heavy (non-hydrogen) atoms. The molecule has 2 aromatic carbocycles. The van der Waals surface area contributed by atoms with Crippen molar-refractivity contribution in [3.8, 4) is 22.8 Å². The van der Waals surface area contributed by atoms with E-state index in [1.807, 2.05) is 6.26 Å². The van der Waals surface area contributed by atoms with Gasteiger partial charge in [0.1, 0.15) is 17.2 Å². The maximum absolute atomic E-state index is 13.3. The number of ether oxygens (including phenoxy) is 2. The number of halogens is 2. The van der Waals surface area contributed by atoms with E-state index in [1.54, 1.807) is 55.5 Å². The van der Waals surface area contributed by atoms with Crippen LogP contribution in [0.4, 0.5) is 5.69 Å². The van der Waals surface area contributed by atoms with Crippen LogP contribution in [-0.2, 0) is 6.54 Å². The van der Waals surface area contributed by atoms with Crippen LogP contribution >= 0.6 is 35.0 Å². The molecule has 1 aliphatic heterocycles. The first-order valence-corrected chi connectivity index (χ1v) is 10.9. The van der Waals surface area contributed by atoms with Gasteiger partial charge in [-0.05, 0) is 36.6 Å². The molecule has 0 radical (unpaired) electrons. The number of carbonyl (C=O) groups excluding carboxylic acids is 1. The number of hydrogen-bond acceptors (Lipinski definition) is 6. The first-order chi connectivity index (χ1) is 14.5. The summed E-state index contributed by atoms with van der Waals surface area (Å²) in [6.45, 7) is 0.291. The fourth-order valence-corrected chi connectivity index (χ4v) is 4.21. The summed E-state index contributed by atoms with van der Waals surface area (Å²) in [5.74, 6) is 0.940. The van der Waals surface area contributed by atoms with Crippen LogP contribution in [0.15, 0.2) is 41.6 Å². The number of aromatic nitrogens is 2. The third kappa shape index (κ3) is 3.57. The predicted molar refractivity (Wildman–Crippen MR) is 119 cm³/mol. The Morgan fingerprint density at radius 2 is 1.80 bits per heavy atom. The monoisotopic (exact) mass is 461 g/mol. The molecular weight excluding hydrogens is 445 g/mol. The van der Waals surface area contributed by atoms with Gasteiger partial charge >= 0.3 is 0 Å². The van der Waals surface area contributed by atoms with Crippen molar-refractivity contribution >= 4 is 46.6 Å². The van der Waals surface area contributed by atoms with Gasteiger partial charge < -0.3 is 9.47 Å². The standard InChI is InChI=1S/C21H17Cl2N3O3S/c1-28-12-5-7-16(17(9-12)29-2)26-10-14-18(13-6-4-11(22)8-15(13)23)24-21(30-3)25-19(14)20(26)27/h4-9H,10H2,1-3H3. The van der Waals surface area contributed by atoms with Crippen LogP contribution in [0.25, 0.3) is 11.3 Å². The van der Waals surface area contributed by atoms with Crippen molar-refractivity contribution in [3.05, 3.63) is 57.7 Å². The SMILES string of the molecule is COc1ccc(N2Cc3c(nc(SC)nc3-c3ccc(Cl)cc3Cl)C2=O)c(OC)c1. The lowest BCUT2D eigenvalue weighted by molar-refractivity contribution is 0.0991. The van der Waals surface area contributed by atoms with Crippen LogP contribution in [-0.4, -0.2) is 36.4 Å². The van der Waals surface area contributed by atoms with Gasteiger partial charge in [0.2, 0.25) is 0 Å². The minimum atomic E-state index is -0.225. The highest BCUT2D eigenvalue weighted by Crippen LogP contribution is 2.41. The lowest BCUT2D eigenvalue weighted by atomic mass is 10.1. The molecule has 154 valence electrons. The van der Waals surface area contributed by atoms with Gasteiger partial charge in [-0.25, -0.2) is 9.97 Å². The number of carbonyl (C=O) groups is 1. The highest BCUT2D eigenvalue weighted by atomic mass is 35.5. The van der Waals surface area contributed by atoms with Crippen molar-refractivity contribution in [2.24, 2.45) is 0 Å². The molecule has 2 heterocycles. The maximum Gasteiger partial charge on any atom is 0.277 e. The van der Waals surface area contributed by atoms with Gasteiger partial charge in [0.05, 0.1) is 37.2 Å². The summed E-state index contributed by atoms with van der Waals surface area (Å²) in [6.07, 6.45) is 1.86. The zero-order chi connectivity index (χ0) is 21.4. The number of hydrogen-bond donors (Lipinski definition) is 0. The summed E-state index contributed by atoms with van der Waals surface area (Å²) in [5.41, 5.74) is 3.01. The Kier molecular flexibility index (Phi) is 5.77. The summed E-state index contributed by atoms with van der Waals surface area (Å²) in [5, 5.41) is 1.48. The first-order valence-electron chi connectivity index (χ1n) is 8.91. The van der Waals surface area contributed by atoms with Crippen molar-refractivity contribution in [2.75, 3.05) is 25.4 Å². The Bertz CT molecular complexity index is 1160. The lowest BCUT2D eigenvalue weighted by Crippen LogP contribution is -2.24. The smallest absolute Gasteiger partial charge is 0.277 e. The molecule has 9 heteroatoms. The van der Waals surface area contributed by atoms with E-state index < -0.39 is 0 Å². The van der Waals surface area contributed by atoms with Gasteiger partial charge in [0.25, 0.3) is 5.91 Å². The Morgan fingerprint density at radius 3 is 2.47 bits per heavy atom. The van der Waals surface area contributed by atoms with Gasteiger partial charge in [-0.15, -0.1) is 0 Å². The van der Waals surface area contributed by atoms with Crippen LogP contribution < -0.4 is 14.4 Å². The second-order valence-corrected chi connectivity index (χ2v) is 8.06.